The number of esters is 2. The van der Waals surface area contributed by atoms with Crippen molar-refractivity contribution in [1.29, 1.82) is 0 Å². The van der Waals surface area contributed by atoms with Crippen LogP contribution in [0.1, 0.15) is 39.2 Å². The lowest BCUT2D eigenvalue weighted by atomic mass is 9.75. The van der Waals surface area contributed by atoms with Gasteiger partial charge in [-0.15, -0.1) is 0 Å². The Hall–Kier alpha value is -2.34. The zero-order valence-electron chi connectivity index (χ0n) is 15.2. The highest BCUT2D eigenvalue weighted by Crippen LogP contribution is 2.43. The summed E-state index contributed by atoms with van der Waals surface area (Å²) in [4.78, 5) is 29.6. The number of nitrogens with zero attached hydrogens (tertiary/aromatic N) is 1. The van der Waals surface area contributed by atoms with Crippen LogP contribution >= 0.6 is 11.6 Å². The molecule has 0 spiro atoms. The number of hydrogen-bond acceptors (Lipinski definition) is 6. The number of allylic oxidation sites excluding steroid dienone is 1. The number of halogens is 1. The molecule has 1 aliphatic heterocycles. The molecule has 1 aromatic carbocycles. The van der Waals surface area contributed by atoms with E-state index in [0.717, 1.165) is 0 Å². The maximum absolute atomic E-state index is 12.6. The highest BCUT2D eigenvalue weighted by atomic mass is 35.5. The minimum absolute atomic E-state index is 0.00832. The molecule has 0 radical (unpaired) electrons. The molecule has 2 rings (SSSR count). The SMILES string of the molecule is CCOC(=O)C1=C(C)N=C(C)C(C(=O)OCC)[C@@H]1c1ccc(O)cc1Cl. The van der Waals surface area contributed by atoms with Gasteiger partial charge in [0, 0.05) is 22.3 Å². The molecule has 1 aromatic rings. The molecule has 7 heteroatoms. The third-order valence-corrected chi connectivity index (χ3v) is 4.51. The Morgan fingerprint density at radius 3 is 2.42 bits per heavy atom. The van der Waals surface area contributed by atoms with Crippen LogP contribution < -0.4 is 0 Å². The number of ether oxygens (including phenoxy) is 2. The van der Waals surface area contributed by atoms with Crippen molar-refractivity contribution in [2.45, 2.75) is 33.6 Å². The van der Waals surface area contributed by atoms with Crippen molar-refractivity contribution in [3.63, 3.8) is 0 Å². The molecule has 0 saturated heterocycles. The highest BCUT2D eigenvalue weighted by molar-refractivity contribution is 6.31. The lowest BCUT2D eigenvalue weighted by Gasteiger charge is -2.32. The number of benzene rings is 1. The lowest BCUT2D eigenvalue weighted by Crippen LogP contribution is -2.36. The van der Waals surface area contributed by atoms with Gasteiger partial charge >= 0.3 is 11.9 Å². The fourth-order valence-electron chi connectivity index (χ4n) is 3.15. The second kappa shape index (κ2) is 8.36. The van der Waals surface area contributed by atoms with Gasteiger partial charge in [0.25, 0.3) is 0 Å². The Balaban J connectivity index is 2.67. The molecule has 2 atom stereocenters. The predicted molar refractivity (Wildman–Crippen MR) is 98.4 cm³/mol. The molecule has 0 amide bonds. The monoisotopic (exact) mass is 379 g/mol. The first-order valence-electron chi connectivity index (χ1n) is 8.39. The minimum atomic E-state index is -0.805. The average Bonchev–Trinajstić information content (AvgIpc) is 2.54. The summed E-state index contributed by atoms with van der Waals surface area (Å²) in [6.07, 6.45) is 0. The molecule has 0 aromatic heterocycles. The van der Waals surface area contributed by atoms with Crippen LogP contribution in [0.4, 0.5) is 0 Å². The molecule has 1 heterocycles. The second-order valence-electron chi connectivity index (χ2n) is 5.89. The van der Waals surface area contributed by atoms with Gasteiger partial charge in [0.1, 0.15) is 11.7 Å². The summed E-state index contributed by atoms with van der Waals surface area (Å²) in [5.41, 5.74) is 1.79. The minimum Gasteiger partial charge on any atom is -0.508 e. The molecule has 26 heavy (non-hydrogen) atoms. The van der Waals surface area contributed by atoms with E-state index in [2.05, 4.69) is 4.99 Å². The van der Waals surface area contributed by atoms with E-state index >= 15 is 0 Å². The molecule has 1 unspecified atom stereocenters. The fraction of sp³-hybridized carbons (Fsp3) is 0.421. The Morgan fingerprint density at radius 2 is 1.85 bits per heavy atom. The van der Waals surface area contributed by atoms with Crippen LogP contribution in [0.3, 0.4) is 0 Å². The second-order valence-corrected chi connectivity index (χ2v) is 6.29. The van der Waals surface area contributed by atoms with E-state index in [1.165, 1.54) is 12.1 Å². The number of hydrogen-bond donors (Lipinski definition) is 1. The Kier molecular flexibility index (Phi) is 6.42. The number of rotatable bonds is 5. The summed E-state index contributed by atoms with van der Waals surface area (Å²) < 4.78 is 10.4. The van der Waals surface area contributed by atoms with Crippen LogP contribution in [0.15, 0.2) is 34.5 Å². The zero-order chi connectivity index (χ0) is 19.4. The van der Waals surface area contributed by atoms with Gasteiger partial charge in [-0.3, -0.25) is 9.79 Å². The molecule has 0 aliphatic carbocycles. The molecular weight excluding hydrogens is 358 g/mol. The van der Waals surface area contributed by atoms with Crippen molar-refractivity contribution < 1.29 is 24.2 Å². The van der Waals surface area contributed by atoms with Crippen LogP contribution in [0.25, 0.3) is 0 Å². The number of carbonyl (C=O) groups excluding carboxylic acids is 2. The van der Waals surface area contributed by atoms with Crippen LogP contribution in [-0.4, -0.2) is 36.0 Å². The molecule has 140 valence electrons. The van der Waals surface area contributed by atoms with E-state index in [4.69, 9.17) is 21.1 Å². The molecular formula is C19H22ClNO5. The largest absolute Gasteiger partial charge is 0.508 e. The van der Waals surface area contributed by atoms with Crippen LogP contribution in [0.5, 0.6) is 5.75 Å². The van der Waals surface area contributed by atoms with Crippen LogP contribution in [-0.2, 0) is 19.1 Å². The van der Waals surface area contributed by atoms with E-state index in [1.807, 2.05) is 0 Å². The van der Waals surface area contributed by atoms with E-state index in [1.54, 1.807) is 33.8 Å². The Labute approximate surface area is 157 Å². The average molecular weight is 380 g/mol. The summed E-state index contributed by atoms with van der Waals surface area (Å²) in [5, 5.41) is 9.90. The zero-order valence-corrected chi connectivity index (χ0v) is 16.0. The maximum Gasteiger partial charge on any atom is 0.336 e. The molecule has 0 bridgehead atoms. The van der Waals surface area contributed by atoms with E-state index in [9.17, 15) is 14.7 Å². The topological polar surface area (TPSA) is 85.2 Å². The Bertz CT molecular complexity index is 784. The van der Waals surface area contributed by atoms with E-state index in [0.29, 0.717) is 17.0 Å². The summed E-state index contributed by atoms with van der Waals surface area (Å²) in [5.74, 6) is -2.56. The van der Waals surface area contributed by atoms with Gasteiger partial charge in [-0.1, -0.05) is 17.7 Å². The third kappa shape index (κ3) is 3.90. The quantitative estimate of drug-likeness (QED) is 0.790. The number of aromatic hydroxyl groups is 1. The van der Waals surface area contributed by atoms with Gasteiger partial charge in [0.15, 0.2) is 0 Å². The van der Waals surface area contributed by atoms with Crippen molar-refractivity contribution >= 4 is 29.3 Å². The van der Waals surface area contributed by atoms with Gasteiger partial charge < -0.3 is 14.6 Å². The first-order chi connectivity index (χ1) is 12.3. The smallest absolute Gasteiger partial charge is 0.336 e. The molecule has 6 nitrogen and oxygen atoms in total. The standard InChI is InChI=1S/C19H22ClNO5/c1-5-25-18(23)15-10(3)21-11(4)16(19(24)26-6-2)17(15)13-8-7-12(22)9-14(13)20/h7-9,15,17,22H,5-6H2,1-4H3/t15?,17-/m0/s1. The summed E-state index contributed by atoms with van der Waals surface area (Å²) in [6, 6.07) is 4.43. The molecule has 1 N–H and O–H groups in total. The van der Waals surface area contributed by atoms with Crippen LogP contribution in [0, 0.1) is 5.92 Å². The van der Waals surface area contributed by atoms with Gasteiger partial charge in [0.2, 0.25) is 0 Å². The normalized spacial score (nSPS) is 19.8. The van der Waals surface area contributed by atoms with Crippen molar-refractivity contribution in [3.8, 4) is 5.75 Å². The van der Waals surface area contributed by atoms with E-state index in [-0.39, 0.29) is 29.6 Å². The number of phenols is 1. The van der Waals surface area contributed by atoms with Gasteiger partial charge in [0.05, 0.1) is 18.8 Å². The maximum atomic E-state index is 12.6. The van der Waals surface area contributed by atoms with Crippen molar-refractivity contribution in [1.82, 2.24) is 0 Å². The predicted octanol–water partition coefficient (Wildman–Crippen LogP) is 3.62. The first kappa shape index (κ1) is 20.0. The number of carbonyl (C=O) groups is 2. The van der Waals surface area contributed by atoms with Gasteiger partial charge in [-0.05, 0) is 45.4 Å². The number of aliphatic imine (C=N–C) groups is 1. The summed E-state index contributed by atoms with van der Waals surface area (Å²) >= 11 is 6.33. The molecule has 1 aliphatic rings. The van der Waals surface area contributed by atoms with Crippen molar-refractivity contribution in [3.05, 3.63) is 40.1 Å². The molecule has 0 saturated carbocycles. The fourth-order valence-corrected chi connectivity index (χ4v) is 3.45. The third-order valence-electron chi connectivity index (χ3n) is 4.18. The van der Waals surface area contributed by atoms with Gasteiger partial charge in [-0.25, -0.2) is 4.79 Å². The van der Waals surface area contributed by atoms with Crippen molar-refractivity contribution in [2.24, 2.45) is 10.9 Å². The van der Waals surface area contributed by atoms with E-state index < -0.39 is 23.8 Å². The number of phenolic OH excluding ortho intramolecular Hbond substituents is 1. The molecule has 0 fully saturated rings. The lowest BCUT2D eigenvalue weighted by molar-refractivity contribution is -0.146. The van der Waals surface area contributed by atoms with Crippen molar-refractivity contribution in [2.75, 3.05) is 13.2 Å². The van der Waals surface area contributed by atoms with Gasteiger partial charge in [-0.2, -0.15) is 0 Å². The summed E-state index contributed by atoms with van der Waals surface area (Å²) in [7, 11) is 0. The first-order valence-corrected chi connectivity index (χ1v) is 8.77. The Morgan fingerprint density at radius 1 is 1.19 bits per heavy atom. The van der Waals surface area contributed by atoms with Crippen LogP contribution in [0.2, 0.25) is 5.02 Å². The summed E-state index contributed by atoms with van der Waals surface area (Å²) in [6.45, 7) is 7.22. The highest BCUT2D eigenvalue weighted by Gasteiger charge is 2.43.